The molecule has 0 aliphatic heterocycles. The molecule has 0 saturated heterocycles. The van der Waals surface area contributed by atoms with Crippen molar-refractivity contribution in [1.82, 2.24) is 0 Å². The summed E-state index contributed by atoms with van der Waals surface area (Å²) in [5, 5.41) is 0. The minimum absolute atomic E-state index is 0.626. The molecule has 0 N–H and O–H groups in total. The molecule has 0 aliphatic carbocycles. The van der Waals surface area contributed by atoms with E-state index in [2.05, 4.69) is 58.7 Å². The number of rotatable bonds is 12. The van der Waals surface area contributed by atoms with E-state index >= 15 is 0 Å². The molecule has 0 heteroatoms. The Bertz CT molecular complexity index is 249. The van der Waals surface area contributed by atoms with E-state index in [9.17, 15) is 0 Å². The fourth-order valence-corrected chi connectivity index (χ4v) is 2.79. The van der Waals surface area contributed by atoms with Crippen LogP contribution in [0, 0.1) is 23.7 Å². The third-order valence-corrected chi connectivity index (χ3v) is 3.95. The van der Waals surface area contributed by atoms with E-state index < -0.39 is 0 Å². The first kappa shape index (κ1) is 18.2. The first-order valence-corrected chi connectivity index (χ1v) is 7.94. The molecule has 0 saturated carbocycles. The van der Waals surface area contributed by atoms with Crippen molar-refractivity contribution in [1.29, 1.82) is 0 Å². The van der Waals surface area contributed by atoms with E-state index in [1.165, 1.54) is 38.5 Å². The summed E-state index contributed by atoms with van der Waals surface area (Å²) in [5.41, 5.74) is 0. The summed E-state index contributed by atoms with van der Waals surface area (Å²) in [6, 6.07) is 0. The summed E-state index contributed by atoms with van der Waals surface area (Å²) >= 11 is 0. The van der Waals surface area contributed by atoms with E-state index in [1.54, 1.807) is 0 Å². The van der Waals surface area contributed by atoms with Crippen LogP contribution in [0.3, 0.4) is 0 Å². The molecular weight excluding hydrogens is 228 g/mol. The number of allylic oxidation sites excluding steroid dienone is 3. The van der Waals surface area contributed by atoms with Crippen LogP contribution in [0.15, 0.2) is 38.0 Å². The first-order valence-electron chi connectivity index (χ1n) is 7.94. The van der Waals surface area contributed by atoms with Gasteiger partial charge >= 0.3 is 0 Å². The van der Waals surface area contributed by atoms with Gasteiger partial charge in [-0.2, -0.15) is 0 Å². The van der Waals surface area contributed by atoms with Crippen molar-refractivity contribution in [2.75, 3.05) is 0 Å². The van der Waals surface area contributed by atoms with E-state index in [4.69, 9.17) is 0 Å². The van der Waals surface area contributed by atoms with Gasteiger partial charge in [-0.15, -0.1) is 19.7 Å². The molecule has 0 bridgehead atoms. The van der Waals surface area contributed by atoms with Crippen molar-refractivity contribution in [3.8, 4) is 0 Å². The Balaban J connectivity index is 4.21. The van der Waals surface area contributed by atoms with Gasteiger partial charge in [0.15, 0.2) is 0 Å². The van der Waals surface area contributed by atoms with Crippen molar-refractivity contribution in [2.45, 2.75) is 59.3 Å². The molecule has 3 atom stereocenters. The zero-order valence-electron chi connectivity index (χ0n) is 13.4. The summed E-state index contributed by atoms with van der Waals surface area (Å²) in [4.78, 5) is 0. The van der Waals surface area contributed by atoms with Crippen LogP contribution in [-0.2, 0) is 0 Å². The van der Waals surface area contributed by atoms with Crippen molar-refractivity contribution in [2.24, 2.45) is 23.7 Å². The van der Waals surface area contributed by atoms with Gasteiger partial charge in [0.2, 0.25) is 0 Å². The van der Waals surface area contributed by atoms with E-state index in [-0.39, 0.29) is 0 Å². The topological polar surface area (TPSA) is 0 Å². The highest BCUT2D eigenvalue weighted by molar-refractivity contribution is 4.89. The van der Waals surface area contributed by atoms with Crippen LogP contribution in [0.5, 0.6) is 0 Å². The average Bonchev–Trinajstić information content (AvgIpc) is 2.39. The SMILES string of the molecule is C=CC(CCC)CCC(C=C)CC(C=C)CC(C)C. The molecular formula is C19H34. The molecule has 0 fully saturated rings. The molecule has 0 spiro atoms. The van der Waals surface area contributed by atoms with Gasteiger partial charge in [0.1, 0.15) is 0 Å². The Morgan fingerprint density at radius 3 is 1.68 bits per heavy atom. The molecule has 110 valence electrons. The maximum absolute atomic E-state index is 4.02. The lowest BCUT2D eigenvalue weighted by atomic mass is 9.84. The normalized spacial score (nSPS) is 15.8. The predicted molar refractivity (Wildman–Crippen MR) is 89.3 cm³/mol. The zero-order chi connectivity index (χ0) is 14.7. The average molecular weight is 262 g/mol. The van der Waals surface area contributed by atoms with Gasteiger partial charge in [-0.1, -0.05) is 45.4 Å². The maximum atomic E-state index is 4.02. The summed E-state index contributed by atoms with van der Waals surface area (Å²) in [7, 11) is 0. The summed E-state index contributed by atoms with van der Waals surface area (Å²) < 4.78 is 0. The summed E-state index contributed by atoms with van der Waals surface area (Å²) in [6.45, 7) is 18.8. The van der Waals surface area contributed by atoms with Crippen LogP contribution in [0.1, 0.15) is 59.3 Å². The Hall–Kier alpha value is -0.780. The second-order valence-corrected chi connectivity index (χ2v) is 6.22. The molecule has 0 rings (SSSR count). The van der Waals surface area contributed by atoms with Gasteiger partial charge in [-0.3, -0.25) is 0 Å². The van der Waals surface area contributed by atoms with Crippen molar-refractivity contribution in [3.05, 3.63) is 38.0 Å². The smallest absolute Gasteiger partial charge is 0.0228 e. The molecule has 3 unspecified atom stereocenters. The first-order chi connectivity index (χ1) is 9.07. The molecule has 0 aromatic rings. The summed E-state index contributed by atoms with van der Waals surface area (Å²) in [6.07, 6.45) is 13.9. The molecule has 0 aliphatic rings. The minimum atomic E-state index is 0.626. The lowest BCUT2D eigenvalue weighted by Gasteiger charge is -2.21. The second kappa shape index (κ2) is 11.1. The standard InChI is InChI=1S/C19H34/c1-7-11-17(8-2)12-13-18(9-3)15-19(10-4)14-16(5)6/h8-10,16-19H,2-4,7,11-15H2,1,5-6H3. The summed E-state index contributed by atoms with van der Waals surface area (Å²) in [5.74, 6) is 2.69. The van der Waals surface area contributed by atoms with Gasteiger partial charge in [-0.05, 0) is 55.8 Å². The molecule has 19 heavy (non-hydrogen) atoms. The predicted octanol–water partition coefficient (Wildman–Crippen LogP) is 6.41. The molecule has 0 aromatic heterocycles. The minimum Gasteiger partial charge on any atom is -0.103 e. The maximum Gasteiger partial charge on any atom is -0.0228 e. The lowest BCUT2D eigenvalue weighted by molar-refractivity contribution is 0.372. The van der Waals surface area contributed by atoms with Gasteiger partial charge < -0.3 is 0 Å². The zero-order valence-corrected chi connectivity index (χ0v) is 13.4. The van der Waals surface area contributed by atoms with Crippen molar-refractivity contribution < 1.29 is 0 Å². The van der Waals surface area contributed by atoms with Crippen LogP contribution >= 0.6 is 0 Å². The highest BCUT2D eigenvalue weighted by Gasteiger charge is 2.14. The quantitative estimate of drug-likeness (QED) is 0.356. The van der Waals surface area contributed by atoms with Crippen molar-refractivity contribution >= 4 is 0 Å². The Morgan fingerprint density at radius 1 is 0.737 bits per heavy atom. The fraction of sp³-hybridized carbons (Fsp3) is 0.684. The lowest BCUT2D eigenvalue weighted by Crippen LogP contribution is -2.09. The van der Waals surface area contributed by atoms with Crippen LogP contribution in [0.25, 0.3) is 0 Å². The highest BCUT2D eigenvalue weighted by Crippen LogP contribution is 2.27. The number of hydrogen-bond donors (Lipinski definition) is 0. The van der Waals surface area contributed by atoms with Crippen LogP contribution in [0.4, 0.5) is 0 Å². The number of hydrogen-bond acceptors (Lipinski definition) is 0. The van der Waals surface area contributed by atoms with Gasteiger partial charge in [0, 0.05) is 0 Å². The third kappa shape index (κ3) is 8.86. The molecule has 0 heterocycles. The van der Waals surface area contributed by atoms with Gasteiger partial charge in [-0.25, -0.2) is 0 Å². The van der Waals surface area contributed by atoms with Crippen LogP contribution in [-0.4, -0.2) is 0 Å². The Kier molecular flexibility index (Phi) is 10.6. The van der Waals surface area contributed by atoms with Crippen molar-refractivity contribution in [3.63, 3.8) is 0 Å². The second-order valence-electron chi connectivity index (χ2n) is 6.22. The Labute approximate surface area is 121 Å². The van der Waals surface area contributed by atoms with Gasteiger partial charge in [0.25, 0.3) is 0 Å². The molecule has 0 amide bonds. The van der Waals surface area contributed by atoms with Crippen LogP contribution in [0.2, 0.25) is 0 Å². The monoisotopic (exact) mass is 262 g/mol. The van der Waals surface area contributed by atoms with E-state index in [0.29, 0.717) is 17.8 Å². The van der Waals surface area contributed by atoms with Gasteiger partial charge in [0.05, 0.1) is 0 Å². The highest BCUT2D eigenvalue weighted by atomic mass is 14.2. The fourth-order valence-electron chi connectivity index (χ4n) is 2.79. The molecule has 0 radical (unpaired) electrons. The molecule has 0 nitrogen and oxygen atoms in total. The third-order valence-electron chi connectivity index (χ3n) is 3.95. The van der Waals surface area contributed by atoms with E-state index in [1.807, 2.05) is 0 Å². The van der Waals surface area contributed by atoms with Crippen LogP contribution < -0.4 is 0 Å². The van der Waals surface area contributed by atoms with E-state index in [0.717, 1.165) is 5.92 Å². The Morgan fingerprint density at radius 2 is 1.26 bits per heavy atom. The molecule has 0 aromatic carbocycles. The largest absolute Gasteiger partial charge is 0.103 e.